The quantitative estimate of drug-likeness (QED) is 0.0238. The third kappa shape index (κ3) is 18.5. The van der Waals surface area contributed by atoms with Gasteiger partial charge in [-0.2, -0.15) is 0 Å². The number of nitrogens with one attached hydrogen (secondary N) is 1. The van der Waals surface area contributed by atoms with Crippen LogP contribution in [0.4, 0.5) is 17.1 Å². The van der Waals surface area contributed by atoms with Crippen LogP contribution in [0, 0.1) is 30.3 Å². The number of carbonyl (C=O) groups excluding carboxylic acids is 4. The van der Waals surface area contributed by atoms with E-state index in [1.54, 1.807) is 106 Å². The van der Waals surface area contributed by atoms with Crippen LogP contribution in [0.2, 0.25) is 0 Å². The predicted molar refractivity (Wildman–Crippen MR) is 400 cm³/mol. The fourth-order valence-corrected chi connectivity index (χ4v) is 11.5. The van der Waals surface area contributed by atoms with Gasteiger partial charge in [-0.05, 0) is 112 Å². The number of halogens is 1. The number of ether oxygens (including phenoxy) is 4. The van der Waals surface area contributed by atoms with Crippen LogP contribution in [0.1, 0.15) is 15.3 Å². The number of aromatic hydroxyl groups is 1. The first kappa shape index (κ1) is 84.6. The molecule has 0 radical (unpaired) electrons. The number of non-ortho nitro benzene ring substituents is 3. The molecule has 37 heteroatoms. The summed E-state index contributed by atoms with van der Waals surface area (Å²) in [5.74, 6) is -0.145. The largest absolute Gasteiger partial charge is 1.00 e. The second-order valence-electron chi connectivity index (χ2n) is 22.2. The maximum absolute atomic E-state index is 13.6. The average Bonchev–Trinajstić information content (AvgIpc) is 1.62. The van der Waals surface area contributed by atoms with E-state index < -0.39 is 20.7 Å². The minimum atomic E-state index is -0.496. The zero-order valence-corrected chi connectivity index (χ0v) is 67.0. The fraction of sp³-hybridized carbons (Fsp3) is 0.123. The number of hydrogen-bond donors (Lipinski definition) is 3. The molecule has 0 fully saturated rings. The van der Waals surface area contributed by atoms with Gasteiger partial charge >= 0.3 is 115 Å². The summed E-state index contributed by atoms with van der Waals surface area (Å²) in [4.78, 5) is 131. The Balaban J connectivity index is 0.000000212. The standard InChI is InChI=1S/C24H18N4O6.C23H17N5O5.C20H12N4O4.C4H7BrO2.CH5N.CH2O3.2K.H/c1-2-33-21(29)14-34-17-11-12-20-25-22-18-5-3-4-6-19(18)24(30)27(23(22)26(20)13-17)15-7-9-16(10-8-15)28(31)32;1-24-20(29)13-33-16-10-11-19-25-21-17-4-2-3-5-18(17)23(30)27(22(21)26(19)12-16)14-6-8-15(9-7-14)28(31)32;25-14-9-10-17-21-18-15-3-1-2-4-16(15)20(26)23(19(18)22(17)11-14)12-5-7-13(8-6-12)24(27)28;1-2-7-4(6)3-5;1-2;2-1-4-3;;;/h3-13H,2,14H2,1H3;2-12H,13H2,1H3,(H,24,29);1-11,25H;2-3H2,1H3;2H2,1H3;1,3H;;;/q;;;;;;2*+1;-1/p-1. The Kier molecular flexibility index (Phi) is 29.9. The molecule has 110 heavy (non-hydrogen) atoms. The third-order valence-electron chi connectivity index (χ3n) is 15.9. The summed E-state index contributed by atoms with van der Waals surface area (Å²) in [5, 5.41) is 57.8. The summed E-state index contributed by atoms with van der Waals surface area (Å²) in [6.07, 6.45) is 4.78. The van der Waals surface area contributed by atoms with Crippen molar-refractivity contribution in [1.82, 2.24) is 47.2 Å². The molecule has 0 aliphatic rings. The number of rotatable bonds is 16. The molecule has 0 aliphatic heterocycles. The summed E-state index contributed by atoms with van der Waals surface area (Å²) in [7, 11) is 3.02. The topological polar surface area (TPSA) is 443 Å². The Hall–Kier alpha value is -11.0. The monoisotopic (exact) mass is 1610 g/mol. The van der Waals surface area contributed by atoms with Gasteiger partial charge in [-0.15, -0.1) is 0 Å². The van der Waals surface area contributed by atoms with Gasteiger partial charge in [-0.25, -0.2) is 19.7 Å². The molecule has 6 aromatic carbocycles. The Morgan fingerprint density at radius 2 is 0.809 bits per heavy atom. The minimum absolute atomic E-state index is 0. The molecule has 0 bridgehead atoms. The number of likely N-dealkylation sites (N-methyl/N-ethyl adjacent to an activating group) is 1. The van der Waals surface area contributed by atoms with Crippen molar-refractivity contribution in [3.63, 3.8) is 0 Å². The average molecular weight is 1610 g/mol. The Labute approximate surface area is 713 Å². The third-order valence-corrected chi connectivity index (χ3v) is 16.4. The zero-order chi connectivity index (χ0) is 77.5. The van der Waals surface area contributed by atoms with Gasteiger partial charge in [-0.3, -0.25) is 86.0 Å². The number of esters is 2. The number of alkyl halides is 1. The summed E-state index contributed by atoms with van der Waals surface area (Å²) in [6.45, 7) is 3.60. The van der Waals surface area contributed by atoms with Gasteiger partial charge in [0.1, 0.15) is 56.1 Å². The number of hydrogen-bond acceptors (Lipinski definition) is 24. The van der Waals surface area contributed by atoms with Gasteiger partial charge < -0.3 is 46.7 Å². The van der Waals surface area contributed by atoms with E-state index in [4.69, 9.17) is 34.2 Å². The predicted octanol–water partition coefficient (Wildman–Crippen LogP) is 2.95. The Morgan fingerprint density at radius 1 is 0.500 bits per heavy atom. The van der Waals surface area contributed by atoms with Crippen LogP contribution in [0.3, 0.4) is 0 Å². The first-order valence-corrected chi connectivity index (χ1v) is 33.3. The van der Waals surface area contributed by atoms with E-state index in [1.807, 2.05) is 36.4 Å². The maximum atomic E-state index is 13.6. The molecule has 4 N–H and O–H groups in total. The first-order valence-electron chi connectivity index (χ1n) is 32.2. The summed E-state index contributed by atoms with van der Waals surface area (Å²) >= 11 is 2.94. The van der Waals surface area contributed by atoms with Crippen LogP contribution in [-0.2, 0) is 33.5 Å². The summed E-state index contributed by atoms with van der Waals surface area (Å²) in [5.41, 5.74) is 9.69. The Morgan fingerprint density at radius 3 is 1.11 bits per heavy atom. The molecule has 9 heterocycles. The minimum Gasteiger partial charge on any atom is -1.00 e. The van der Waals surface area contributed by atoms with Gasteiger partial charge in [0.2, 0.25) is 0 Å². The molecule has 0 aliphatic carbocycles. The van der Waals surface area contributed by atoms with E-state index >= 15 is 0 Å². The van der Waals surface area contributed by atoms with Crippen LogP contribution in [0.25, 0.3) is 99.8 Å². The maximum Gasteiger partial charge on any atom is 1.00 e. The van der Waals surface area contributed by atoms with Gasteiger partial charge in [0.05, 0.1) is 63.6 Å². The van der Waals surface area contributed by atoms with Crippen LogP contribution >= 0.6 is 15.9 Å². The van der Waals surface area contributed by atoms with Gasteiger partial charge in [0.25, 0.3) is 46.1 Å². The summed E-state index contributed by atoms with van der Waals surface area (Å²) < 4.78 is 30.0. The van der Waals surface area contributed by atoms with E-state index in [2.05, 4.69) is 41.6 Å². The van der Waals surface area contributed by atoms with E-state index in [0.717, 1.165) is 0 Å². The first-order chi connectivity index (χ1) is 52.2. The summed E-state index contributed by atoms with van der Waals surface area (Å²) in [6, 6.07) is 48.7. The molecular formula is C73H61BrK2N14O20. The van der Waals surface area contributed by atoms with Crippen molar-refractivity contribution < 1.29 is 172 Å². The van der Waals surface area contributed by atoms with Gasteiger partial charge in [-0.1, -0.05) is 70.5 Å². The van der Waals surface area contributed by atoms with Crippen molar-refractivity contribution in [3.8, 4) is 34.3 Å². The number of imidazole rings is 3. The van der Waals surface area contributed by atoms with Crippen LogP contribution in [0.5, 0.6) is 17.2 Å². The molecule has 34 nitrogen and oxygen atoms in total. The number of amides is 1. The molecule has 552 valence electrons. The van der Waals surface area contributed by atoms with Gasteiger partial charge in [0, 0.05) is 75.8 Å². The van der Waals surface area contributed by atoms with Crippen LogP contribution < -0.4 is 145 Å². The Bertz CT molecular complexity index is 6160. The number of nitro groups is 3. The van der Waals surface area contributed by atoms with E-state index in [-0.39, 0.29) is 182 Å². The molecule has 0 saturated carbocycles. The van der Waals surface area contributed by atoms with E-state index in [1.165, 1.54) is 113 Å². The van der Waals surface area contributed by atoms with Gasteiger partial charge in [0.15, 0.2) is 30.2 Å². The molecule has 15 rings (SSSR count). The van der Waals surface area contributed by atoms with Crippen LogP contribution in [0.15, 0.2) is 215 Å². The molecule has 9 aromatic heterocycles. The van der Waals surface area contributed by atoms with Crippen LogP contribution in [-0.4, -0.2) is 132 Å². The van der Waals surface area contributed by atoms with Crippen molar-refractivity contribution in [2.24, 2.45) is 5.73 Å². The number of aromatic nitrogens is 9. The SMILES string of the molecule is CCOC(=O)CBr.CCOC(=O)COc1ccc2nc3c4ccccc4c(=O)n(-c4ccc([N+](=O)[O-])cc4)c3n2c1.CN.CNC(=O)COc1ccc2nc3c4ccccc4c(=O)n(-c4ccc([N+](=O)[O-])cc4)c3n2c1.O=CO[O-].O=c1c2ccccc2c2nc3ccc(O)cn3c2n1-c1ccc([N+](=O)[O-])cc1.[H-].[K+].[K+]. The number of nitrogens with two attached hydrogens (primary N) is 1. The van der Waals surface area contributed by atoms with E-state index in [0.29, 0.717) is 123 Å². The number of fused-ring (bicyclic) bond motifs is 15. The van der Waals surface area contributed by atoms with Crippen molar-refractivity contribution in [1.29, 1.82) is 0 Å². The van der Waals surface area contributed by atoms with Crippen molar-refractivity contribution in [2.45, 2.75) is 13.8 Å². The molecule has 15 aromatic rings. The fourth-order valence-electron chi connectivity index (χ4n) is 11.3. The van der Waals surface area contributed by atoms with E-state index in [9.17, 15) is 64.2 Å². The molecule has 0 spiro atoms. The molecule has 1 amide bonds. The smallest absolute Gasteiger partial charge is 1.00 e. The molecule has 0 atom stereocenters. The molecular weight excluding hydrogens is 1550 g/mol. The zero-order valence-electron chi connectivity index (χ0n) is 60.2. The number of nitro benzene ring substituents is 3. The second-order valence-corrected chi connectivity index (χ2v) is 22.8. The van der Waals surface area contributed by atoms with Crippen molar-refractivity contribution >= 4 is 140 Å². The number of carbonyl (C=O) groups is 4. The van der Waals surface area contributed by atoms with Crippen molar-refractivity contribution in [3.05, 3.63) is 262 Å². The molecule has 0 unspecified atom stereocenters. The second kappa shape index (κ2) is 38.8. The molecule has 0 saturated heterocycles. The number of pyridine rings is 6. The normalized spacial score (nSPS) is 10.5. The number of nitrogens with zero attached hydrogens (tertiary/aromatic N) is 12. The van der Waals surface area contributed by atoms with Crippen molar-refractivity contribution in [2.75, 3.05) is 45.9 Å². The number of benzene rings is 6.